The Bertz CT molecular complexity index is 1070. The van der Waals surface area contributed by atoms with Gasteiger partial charge in [-0.25, -0.2) is 9.78 Å². The number of amides is 2. The summed E-state index contributed by atoms with van der Waals surface area (Å²) in [7, 11) is 0. The molecule has 2 aromatic heterocycles. The fourth-order valence-electron chi connectivity index (χ4n) is 5.32. The van der Waals surface area contributed by atoms with Gasteiger partial charge in [0.15, 0.2) is 0 Å². The number of hydrogen-bond acceptors (Lipinski definition) is 5. The van der Waals surface area contributed by atoms with E-state index in [1.807, 2.05) is 34.7 Å². The van der Waals surface area contributed by atoms with Crippen LogP contribution in [0.4, 0.5) is 4.79 Å². The maximum Gasteiger partial charge on any atom is 0.317 e. The molecule has 1 saturated heterocycles. The van der Waals surface area contributed by atoms with E-state index in [1.165, 1.54) is 9.75 Å². The van der Waals surface area contributed by atoms with Gasteiger partial charge in [-0.05, 0) is 45.7 Å². The second kappa shape index (κ2) is 7.74. The van der Waals surface area contributed by atoms with E-state index in [0.29, 0.717) is 19.6 Å². The van der Waals surface area contributed by atoms with E-state index in [9.17, 15) is 9.59 Å². The summed E-state index contributed by atoms with van der Waals surface area (Å²) in [6.07, 6.45) is 2.59. The molecule has 0 bridgehead atoms. The summed E-state index contributed by atoms with van der Waals surface area (Å²) in [4.78, 5) is 37.9. The average Bonchev–Trinajstić information content (AvgIpc) is 3.43. The minimum atomic E-state index is -0.172. The second-order valence-electron chi connectivity index (χ2n) is 9.60. The van der Waals surface area contributed by atoms with Gasteiger partial charge in [-0.15, -0.1) is 11.3 Å². The monoisotopic (exact) mass is 441 g/mol. The first-order chi connectivity index (χ1) is 14.8. The summed E-state index contributed by atoms with van der Waals surface area (Å²) in [6.45, 7) is 10.7. The quantitative estimate of drug-likeness (QED) is 0.795. The first-order valence-corrected chi connectivity index (χ1v) is 12.1. The van der Waals surface area contributed by atoms with Crippen LogP contribution in [0, 0.1) is 6.92 Å². The van der Waals surface area contributed by atoms with Crippen molar-refractivity contribution in [2.75, 3.05) is 19.6 Å². The molecule has 7 nitrogen and oxygen atoms in total. The Kier molecular flexibility index (Phi) is 5.17. The van der Waals surface area contributed by atoms with Crippen LogP contribution in [0.15, 0.2) is 16.9 Å². The molecule has 1 spiro atoms. The largest absolute Gasteiger partial charge is 0.336 e. The zero-order valence-electron chi connectivity index (χ0n) is 18.6. The van der Waals surface area contributed by atoms with Gasteiger partial charge < -0.3 is 10.2 Å². The normalized spacial score (nSPS) is 22.9. The first kappa shape index (κ1) is 20.7. The maximum atomic E-state index is 13.4. The molecule has 2 aromatic rings. The van der Waals surface area contributed by atoms with Crippen molar-refractivity contribution in [3.8, 4) is 0 Å². The zero-order chi connectivity index (χ0) is 21.8. The van der Waals surface area contributed by atoms with Crippen LogP contribution in [-0.4, -0.2) is 51.1 Å². The van der Waals surface area contributed by atoms with Gasteiger partial charge in [-0.1, -0.05) is 0 Å². The molecule has 3 aliphatic rings. The highest BCUT2D eigenvalue weighted by atomic mass is 32.1. The minimum Gasteiger partial charge on any atom is -0.336 e. The molecule has 8 heteroatoms. The van der Waals surface area contributed by atoms with E-state index in [-0.39, 0.29) is 23.0 Å². The first-order valence-electron chi connectivity index (χ1n) is 11.3. The molecule has 0 aromatic carbocycles. The lowest BCUT2D eigenvalue weighted by atomic mass is 9.85. The lowest BCUT2D eigenvalue weighted by Crippen LogP contribution is -2.43. The van der Waals surface area contributed by atoms with E-state index < -0.39 is 0 Å². The Hall–Kier alpha value is -2.19. The number of thiophene rings is 1. The molecule has 31 heavy (non-hydrogen) atoms. The van der Waals surface area contributed by atoms with Crippen LogP contribution in [-0.2, 0) is 31.5 Å². The number of rotatable bonds is 3. The molecule has 0 radical (unpaired) electrons. The standard InChI is InChI=1S/C23H31N5O2S/c1-15(2)24-22(30)27-10-7-23(14-27)8-11-28-20(29)18-13-26(9-6-19(18)25-21(23)28)12-17-5-4-16(3)31-17/h4-5,15H,6-14H2,1-3H3,(H,24,30)/t23-/m1/s1. The molecule has 166 valence electrons. The van der Waals surface area contributed by atoms with Gasteiger partial charge in [0.05, 0.1) is 11.3 Å². The van der Waals surface area contributed by atoms with Crippen LogP contribution in [0.5, 0.6) is 0 Å². The topological polar surface area (TPSA) is 70.5 Å². The van der Waals surface area contributed by atoms with Crippen LogP contribution >= 0.6 is 11.3 Å². The summed E-state index contributed by atoms with van der Waals surface area (Å²) in [5, 5.41) is 3.00. The van der Waals surface area contributed by atoms with Gasteiger partial charge in [-0.3, -0.25) is 14.3 Å². The van der Waals surface area contributed by atoms with Crippen LogP contribution in [0.2, 0.25) is 0 Å². The number of likely N-dealkylation sites (tertiary alicyclic amines) is 1. The van der Waals surface area contributed by atoms with Crippen molar-refractivity contribution >= 4 is 17.4 Å². The van der Waals surface area contributed by atoms with Crippen LogP contribution in [0.1, 0.15) is 53.5 Å². The van der Waals surface area contributed by atoms with Crippen molar-refractivity contribution in [1.29, 1.82) is 0 Å². The van der Waals surface area contributed by atoms with Gasteiger partial charge in [0, 0.05) is 66.9 Å². The Labute approximate surface area is 187 Å². The number of carbonyl (C=O) groups excluding carboxylic acids is 1. The van der Waals surface area contributed by atoms with Crippen LogP contribution in [0.3, 0.4) is 0 Å². The van der Waals surface area contributed by atoms with E-state index in [2.05, 4.69) is 29.3 Å². The van der Waals surface area contributed by atoms with Crippen molar-refractivity contribution in [3.05, 3.63) is 49.3 Å². The Morgan fingerprint density at radius 2 is 2.06 bits per heavy atom. The fraction of sp³-hybridized carbons (Fsp3) is 0.609. The third-order valence-corrected chi connectivity index (χ3v) is 7.90. The Morgan fingerprint density at radius 3 is 2.81 bits per heavy atom. The highest BCUT2D eigenvalue weighted by molar-refractivity contribution is 7.11. The summed E-state index contributed by atoms with van der Waals surface area (Å²) < 4.78 is 1.90. The zero-order valence-corrected chi connectivity index (χ0v) is 19.4. The number of carbonyl (C=O) groups is 1. The highest BCUT2D eigenvalue weighted by Gasteiger charge is 2.48. The van der Waals surface area contributed by atoms with Gasteiger partial charge in [-0.2, -0.15) is 0 Å². The predicted molar refractivity (Wildman–Crippen MR) is 122 cm³/mol. The lowest BCUT2D eigenvalue weighted by molar-refractivity contribution is 0.202. The Morgan fingerprint density at radius 1 is 1.26 bits per heavy atom. The molecule has 0 aliphatic carbocycles. The molecule has 3 aliphatic heterocycles. The van der Waals surface area contributed by atoms with Crippen molar-refractivity contribution in [2.45, 2.75) is 71.1 Å². The van der Waals surface area contributed by atoms with Crippen molar-refractivity contribution in [1.82, 2.24) is 24.7 Å². The molecule has 5 rings (SSSR count). The molecule has 2 amide bonds. The van der Waals surface area contributed by atoms with E-state index in [4.69, 9.17) is 4.98 Å². The summed E-state index contributed by atoms with van der Waals surface area (Å²) in [5.41, 5.74) is 1.80. The van der Waals surface area contributed by atoms with Gasteiger partial charge >= 0.3 is 6.03 Å². The molecule has 0 unspecified atom stereocenters. The smallest absolute Gasteiger partial charge is 0.317 e. The average molecular weight is 442 g/mol. The van der Waals surface area contributed by atoms with Crippen molar-refractivity contribution in [3.63, 3.8) is 0 Å². The maximum absolute atomic E-state index is 13.4. The number of nitrogens with one attached hydrogen (secondary N) is 1. The SMILES string of the molecule is Cc1ccc(CN2CCc3nc4n(c(=O)c3C2)CC[C@@]42CCN(C(=O)NC(C)C)C2)s1. The van der Waals surface area contributed by atoms with Gasteiger partial charge in [0.2, 0.25) is 0 Å². The van der Waals surface area contributed by atoms with Crippen molar-refractivity contribution in [2.24, 2.45) is 0 Å². The molecule has 1 atom stereocenters. The van der Waals surface area contributed by atoms with Gasteiger partial charge in [0.25, 0.3) is 5.56 Å². The summed E-state index contributed by atoms with van der Waals surface area (Å²) >= 11 is 1.83. The predicted octanol–water partition coefficient (Wildman–Crippen LogP) is 2.64. The third-order valence-electron chi connectivity index (χ3n) is 6.91. The number of urea groups is 1. The highest BCUT2D eigenvalue weighted by Crippen LogP contribution is 2.41. The van der Waals surface area contributed by atoms with Crippen LogP contribution < -0.4 is 10.9 Å². The fourth-order valence-corrected chi connectivity index (χ4v) is 6.25. The molecule has 5 heterocycles. The number of nitrogens with zero attached hydrogens (tertiary/aromatic N) is 4. The molecule has 1 fully saturated rings. The third kappa shape index (κ3) is 3.69. The van der Waals surface area contributed by atoms with Crippen LogP contribution in [0.25, 0.3) is 0 Å². The van der Waals surface area contributed by atoms with E-state index >= 15 is 0 Å². The Balaban J connectivity index is 1.38. The molecule has 0 saturated carbocycles. The van der Waals surface area contributed by atoms with E-state index in [0.717, 1.165) is 56.0 Å². The van der Waals surface area contributed by atoms with E-state index in [1.54, 1.807) is 0 Å². The number of aryl methyl sites for hydroxylation is 1. The molecular formula is C23H31N5O2S. The molecule has 1 N–H and O–H groups in total. The summed E-state index contributed by atoms with van der Waals surface area (Å²) in [6, 6.07) is 4.46. The lowest BCUT2D eigenvalue weighted by Gasteiger charge is -2.29. The number of aromatic nitrogens is 2. The van der Waals surface area contributed by atoms with Gasteiger partial charge in [0.1, 0.15) is 5.82 Å². The molecular weight excluding hydrogens is 410 g/mol. The number of hydrogen-bond donors (Lipinski definition) is 1. The minimum absolute atomic E-state index is 0.00918. The second-order valence-corrected chi connectivity index (χ2v) is 11.0. The number of fused-ring (bicyclic) bond motifs is 3. The summed E-state index contributed by atoms with van der Waals surface area (Å²) in [5.74, 6) is 0.915. The van der Waals surface area contributed by atoms with Crippen molar-refractivity contribution < 1.29 is 4.79 Å².